The summed E-state index contributed by atoms with van der Waals surface area (Å²) in [5.74, 6) is 0.661. The number of nitrogens with one attached hydrogen (secondary N) is 2. The SMILES string of the molecule is CCNC(=NCc1cc(Cl)ccc1OC(F)F)NCCc1ccncc1C. The third-order valence-corrected chi connectivity index (χ3v) is 4.05. The van der Waals surface area contributed by atoms with Gasteiger partial charge in [-0.2, -0.15) is 8.78 Å². The number of rotatable bonds is 8. The summed E-state index contributed by atoms with van der Waals surface area (Å²) in [7, 11) is 0. The molecule has 0 atom stereocenters. The van der Waals surface area contributed by atoms with Crippen LogP contribution in [0.4, 0.5) is 8.78 Å². The van der Waals surface area contributed by atoms with Crippen molar-refractivity contribution >= 4 is 17.6 Å². The highest BCUT2D eigenvalue weighted by Gasteiger charge is 2.10. The molecule has 0 saturated carbocycles. The first-order chi connectivity index (χ1) is 13.0. The number of pyridine rings is 1. The van der Waals surface area contributed by atoms with Crippen LogP contribution in [0.3, 0.4) is 0 Å². The lowest BCUT2D eigenvalue weighted by molar-refractivity contribution is -0.0504. The number of aliphatic imine (C=N–C) groups is 1. The van der Waals surface area contributed by atoms with Crippen LogP contribution in [0.5, 0.6) is 5.75 Å². The molecule has 0 aliphatic carbocycles. The minimum absolute atomic E-state index is 0.0707. The minimum atomic E-state index is -2.90. The zero-order valence-corrected chi connectivity index (χ0v) is 16.1. The summed E-state index contributed by atoms with van der Waals surface area (Å²) in [6, 6.07) is 6.49. The summed E-state index contributed by atoms with van der Waals surface area (Å²) in [6.45, 7) is 2.58. The minimum Gasteiger partial charge on any atom is -0.434 e. The van der Waals surface area contributed by atoms with E-state index in [4.69, 9.17) is 11.6 Å². The summed E-state index contributed by atoms with van der Waals surface area (Å²) in [5.41, 5.74) is 2.83. The fourth-order valence-corrected chi connectivity index (χ4v) is 2.68. The number of aromatic nitrogens is 1. The number of hydrogen-bond acceptors (Lipinski definition) is 3. The molecule has 2 rings (SSSR count). The zero-order chi connectivity index (χ0) is 19.6. The molecule has 0 amide bonds. The molecule has 0 unspecified atom stereocenters. The van der Waals surface area contributed by atoms with Crippen LogP contribution in [-0.2, 0) is 13.0 Å². The third kappa shape index (κ3) is 7.02. The van der Waals surface area contributed by atoms with E-state index in [-0.39, 0.29) is 12.3 Å². The number of ether oxygens (including phenoxy) is 1. The van der Waals surface area contributed by atoms with Crippen molar-refractivity contribution in [2.75, 3.05) is 13.1 Å². The van der Waals surface area contributed by atoms with Crippen LogP contribution in [-0.4, -0.2) is 30.6 Å². The predicted octanol–water partition coefficient (Wildman–Crippen LogP) is 3.94. The number of aryl methyl sites for hydroxylation is 1. The summed E-state index contributed by atoms with van der Waals surface area (Å²) in [6.07, 6.45) is 4.42. The van der Waals surface area contributed by atoms with Gasteiger partial charge in [0.05, 0.1) is 6.54 Å². The Morgan fingerprint density at radius 1 is 1.26 bits per heavy atom. The second-order valence-corrected chi connectivity index (χ2v) is 6.24. The van der Waals surface area contributed by atoms with Crippen molar-refractivity contribution < 1.29 is 13.5 Å². The zero-order valence-electron chi connectivity index (χ0n) is 15.3. The summed E-state index contributed by atoms with van der Waals surface area (Å²) in [4.78, 5) is 8.53. The smallest absolute Gasteiger partial charge is 0.387 e. The molecule has 1 heterocycles. The Labute approximate surface area is 162 Å². The molecule has 1 aromatic heterocycles. The van der Waals surface area contributed by atoms with E-state index in [0.29, 0.717) is 29.6 Å². The van der Waals surface area contributed by atoms with Crippen molar-refractivity contribution in [1.29, 1.82) is 0 Å². The molecule has 0 aliphatic rings. The van der Waals surface area contributed by atoms with Crippen LogP contribution in [0.1, 0.15) is 23.6 Å². The average Bonchev–Trinajstić information content (AvgIpc) is 2.63. The van der Waals surface area contributed by atoms with Gasteiger partial charge in [0.15, 0.2) is 5.96 Å². The van der Waals surface area contributed by atoms with Crippen molar-refractivity contribution in [2.24, 2.45) is 4.99 Å². The molecule has 0 fully saturated rings. The first kappa shape index (κ1) is 20.9. The monoisotopic (exact) mass is 396 g/mol. The number of halogens is 3. The van der Waals surface area contributed by atoms with E-state index in [1.165, 1.54) is 17.7 Å². The molecule has 8 heteroatoms. The van der Waals surface area contributed by atoms with E-state index < -0.39 is 6.61 Å². The first-order valence-electron chi connectivity index (χ1n) is 8.64. The van der Waals surface area contributed by atoms with Crippen molar-refractivity contribution in [1.82, 2.24) is 15.6 Å². The lowest BCUT2D eigenvalue weighted by atomic mass is 10.1. The molecule has 146 valence electrons. The highest BCUT2D eigenvalue weighted by Crippen LogP contribution is 2.25. The Morgan fingerprint density at radius 3 is 2.78 bits per heavy atom. The van der Waals surface area contributed by atoms with Gasteiger partial charge in [-0.3, -0.25) is 4.98 Å². The Balaban J connectivity index is 2.02. The Bertz CT molecular complexity index is 771. The van der Waals surface area contributed by atoms with Crippen molar-refractivity contribution in [3.8, 4) is 5.75 Å². The number of nitrogens with zero attached hydrogens (tertiary/aromatic N) is 2. The highest BCUT2D eigenvalue weighted by molar-refractivity contribution is 6.30. The summed E-state index contributed by atoms with van der Waals surface area (Å²) in [5, 5.41) is 6.81. The molecule has 0 radical (unpaired) electrons. The molecule has 0 aliphatic heterocycles. The van der Waals surface area contributed by atoms with E-state index >= 15 is 0 Å². The van der Waals surface area contributed by atoms with E-state index in [1.54, 1.807) is 12.3 Å². The second kappa shape index (κ2) is 10.7. The van der Waals surface area contributed by atoms with Crippen molar-refractivity contribution in [2.45, 2.75) is 33.4 Å². The number of guanidine groups is 1. The lowest BCUT2D eigenvalue weighted by Crippen LogP contribution is -2.38. The molecule has 27 heavy (non-hydrogen) atoms. The maximum Gasteiger partial charge on any atom is 0.387 e. The van der Waals surface area contributed by atoms with Gasteiger partial charge in [0.25, 0.3) is 0 Å². The van der Waals surface area contributed by atoms with Crippen LogP contribution in [0.15, 0.2) is 41.7 Å². The topological polar surface area (TPSA) is 58.5 Å². The van der Waals surface area contributed by atoms with Gasteiger partial charge in [0.2, 0.25) is 0 Å². The maximum absolute atomic E-state index is 12.6. The molecule has 0 spiro atoms. The van der Waals surface area contributed by atoms with Crippen LogP contribution < -0.4 is 15.4 Å². The molecule has 2 N–H and O–H groups in total. The van der Waals surface area contributed by atoms with E-state index in [1.807, 2.05) is 26.1 Å². The second-order valence-electron chi connectivity index (χ2n) is 5.80. The third-order valence-electron chi connectivity index (χ3n) is 3.81. The fourth-order valence-electron chi connectivity index (χ4n) is 2.49. The van der Waals surface area contributed by atoms with Crippen LogP contribution in [0.25, 0.3) is 0 Å². The Hall–Kier alpha value is -2.41. The predicted molar refractivity (Wildman–Crippen MR) is 104 cm³/mol. The first-order valence-corrected chi connectivity index (χ1v) is 9.02. The van der Waals surface area contributed by atoms with Gasteiger partial charge in [-0.05, 0) is 55.7 Å². The van der Waals surface area contributed by atoms with Gasteiger partial charge < -0.3 is 15.4 Å². The summed E-state index contributed by atoms with van der Waals surface area (Å²) < 4.78 is 29.7. The standard InChI is InChI=1S/C19H23ClF2N4O/c1-3-24-19(25-9-7-14-6-8-23-11-13(14)2)26-12-15-10-16(20)4-5-17(15)27-18(21)22/h4-6,8,10-11,18H,3,7,9,12H2,1-2H3,(H2,24,25,26). The van der Waals surface area contributed by atoms with E-state index in [0.717, 1.165) is 12.0 Å². The van der Waals surface area contributed by atoms with Crippen LogP contribution in [0.2, 0.25) is 5.02 Å². The van der Waals surface area contributed by atoms with Gasteiger partial charge in [0.1, 0.15) is 5.75 Å². The molecular weight excluding hydrogens is 374 g/mol. The van der Waals surface area contributed by atoms with Gasteiger partial charge in [-0.1, -0.05) is 11.6 Å². The molecule has 0 saturated heterocycles. The molecule has 1 aromatic carbocycles. The highest BCUT2D eigenvalue weighted by atomic mass is 35.5. The number of alkyl halides is 2. The Morgan fingerprint density at radius 2 is 2.07 bits per heavy atom. The van der Waals surface area contributed by atoms with Crippen LogP contribution in [0, 0.1) is 6.92 Å². The molecule has 0 bridgehead atoms. The van der Waals surface area contributed by atoms with E-state index in [9.17, 15) is 8.78 Å². The molecule has 5 nitrogen and oxygen atoms in total. The normalized spacial score (nSPS) is 11.6. The van der Waals surface area contributed by atoms with Gasteiger partial charge in [0, 0.05) is 36.1 Å². The lowest BCUT2D eigenvalue weighted by Gasteiger charge is -2.13. The van der Waals surface area contributed by atoms with E-state index in [2.05, 4.69) is 25.3 Å². The van der Waals surface area contributed by atoms with Gasteiger partial charge in [-0.15, -0.1) is 0 Å². The quantitative estimate of drug-likeness (QED) is 0.524. The largest absolute Gasteiger partial charge is 0.434 e. The van der Waals surface area contributed by atoms with Crippen molar-refractivity contribution in [3.63, 3.8) is 0 Å². The summed E-state index contributed by atoms with van der Waals surface area (Å²) >= 11 is 5.97. The fraction of sp³-hybridized carbons (Fsp3) is 0.368. The molecular formula is C19H23ClF2N4O. The Kier molecular flexibility index (Phi) is 8.26. The van der Waals surface area contributed by atoms with Crippen LogP contribution >= 0.6 is 11.6 Å². The van der Waals surface area contributed by atoms with Gasteiger partial charge in [-0.25, -0.2) is 4.99 Å². The maximum atomic E-state index is 12.6. The molecule has 2 aromatic rings. The number of benzene rings is 1. The van der Waals surface area contributed by atoms with Gasteiger partial charge >= 0.3 is 6.61 Å². The number of hydrogen-bond donors (Lipinski definition) is 2. The van der Waals surface area contributed by atoms with Crippen molar-refractivity contribution in [3.05, 3.63) is 58.4 Å². The average molecular weight is 397 g/mol.